The molecule has 0 aliphatic carbocycles. The topological polar surface area (TPSA) is 146 Å². The van der Waals surface area contributed by atoms with Crippen LogP contribution in [-0.2, 0) is 25.6 Å². The first-order chi connectivity index (χ1) is 13.0. The van der Waals surface area contributed by atoms with Gasteiger partial charge in [-0.25, -0.2) is 9.18 Å². The van der Waals surface area contributed by atoms with E-state index in [1.165, 1.54) is 6.07 Å². The van der Waals surface area contributed by atoms with Crippen LogP contribution in [0.15, 0.2) is 18.3 Å². The average Bonchev–Trinajstić information content (AvgIpc) is 2.59. The molecule has 0 radical (unpaired) electrons. The summed E-state index contributed by atoms with van der Waals surface area (Å²) in [6.07, 6.45) is -0.235. The normalized spacial score (nSPS) is 13.4. The molecule has 0 aliphatic heterocycles. The molecule has 4 N–H and O–H groups in total. The second-order valence-electron chi connectivity index (χ2n) is 6.19. The molecule has 0 bridgehead atoms. The molecule has 0 unspecified atom stereocenters. The summed E-state index contributed by atoms with van der Waals surface area (Å²) in [5, 5.41) is 20.4. The summed E-state index contributed by atoms with van der Waals surface area (Å²) in [5.74, 6) is -5.43. The number of halogens is 1. The van der Waals surface area contributed by atoms with Crippen molar-refractivity contribution in [3.63, 3.8) is 0 Å². The number of aliphatic carboxylic acids is 2. The Kier molecular flexibility index (Phi) is 7.65. The average molecular weight is 384 g/mol. The van der Waals surface area contributed by atoms with E-state index in [0.29, 0.717) is 5.31 Å². The van der Waals surface area contributed by atoms with E-state index in [0.717, 1.165) is 12.3 Å². The Labute approximate surface area is 156 Å². The van der Waals surface area contributed by atoms with Crippen LogP contribution in [0, 0.1) is 11.7 Å². The standard InChI is InChI=1S/C17H22FN3O6/c1-9(2)15(16(25)20-12(17(26)27)5-6-14(23)24)21-13(22)7-11-4-3-10(18)8-19-11/h3-4,8-9,12,15H,5-7H2,1-2H3,(H,20,25)(H,21,22)(H,23,24)(H,26,27)/t12-,15-/m0/s1/i/hD. The Bertz CT molecular complexity index is 728. The minimum atomic E-state index is -1.47. The van der Waals surface area contributed by atoms with Gasteiger partial charge in [0, 0.05) is 12.1 Å². The van der Waals surface area contributed by atoms with Crippen molar-refractivity contribution in [3.05, 3.63) is 29.8 Å². The maximum atomic E-state index is 12.9. The van der Waals surface area contributed by atoms with Crippen LogP contribution in [0.3, 0.4) is 0 Å². The molecule has 0 saturated heterocycles. The molecule has 1 rings (SSSR count). The van der Waals surface area contributed by atoms with Gasteiger partial charge in [0.2, 0.25) is 11.8 Å². The fraction of sp³-hybridized carbons (Fsp3) is 0.471. The molecule has 0 spiro atoms. The van der Waals surface area contributed by atoms with Crippen molar-refractivity contribution in [1.29, 1.82) is 0 Å². The lowest BCUT2D eigenvalue weighted by atomic mass is 10.0. The zero-order chi connectivity index (χ0) is 21.4. The first-order valence-corrected chi connectivity index (χ1v) is 8.19. The molecule has 10 heteroatoms. The van der Waals surface area contributed by atoms with Crippen LogP contribution in [-0.4, -0.2) is 51.0 Å². The number of aromatic nitrogens is 1. The zero-order valence-electron chi connectivity index (χ0n) is 15.9. The highest BCUT2D eigenvalue weighted by atomic mass is 19.1. The summed E-state index contributed by atoms with van der Waals surface area (Å²) in [5.41, 5.74) is 0.205. The Hall–Kier alpha value is -3.04. The lowest BCUT2D eigenvalue weighted by molar-refractivity contribution is -0.143. The van der Waals surface area contributed by atoms with Gasteiger partial charge < -0.3 is 20.8 Å². The molecule has 9 nitrogen and oxygen atoms in total. The Morgan fingerprint density at radius 3 is 2.41 bits per heavy atom. The van der Waals surface area contributed by atoms with Crippen LogP contribution >= 0.6 is 0 Å². The molecule has 2 amide bonds. The second kappa shape index (κ2) is 10.2. The first-order valence-electron chi connectivity index (χ1n) is 8.64. The number of carbonyl (C=O) groups is 4. The molecule has 2 atom stereocenters. The smallest absolute Gasteiger partial charge is 0.326 e. The SMILES string of the molecule is [2H]N(C(=O)Cc1ccc(F)cn1)[C@H](C(=O)N[C@@H](CCC(=O)O)C(=O)O)C(C)C. The summed E-state index contributed by atoms with van der Waals surface area (Å²) in [7, 11) is 0. The van der Waals surface area contributed by atoms with Crippen molar-refractivity contribution in [2.24, 2.45) is 5.92 Å². The molecule has 1 aromatic heterocycles. The number of carboxylic acid groups (broad SMARTS) is 2. The fourth-order valence-electron chi connectivity index (χ4n) is 2.16. The number of carbonyl (C=O) groups excluding carboxylic acids is 2. The van der Waals surface area contributed by atoms with E-state index in [4.69, 9.17) is 11.6 Å². The van der Waals surface area contributed by atoms with E-state index in [-0.39, 0.29) is 18.5 Å². The third-order valence-corrected chi connectivity index (χ3v) is 3.57. The van der Waals surface area contributed by atoms with Crippen molar-refractivity contribution in [2.45, 2.75) is 45.2 Å². The summed E-state index contributed by atoms with van der Waals surface area (Å²) in [6.45, 7) is 3.14. The largest absolute Gasteiger partial charge is 0.481 e. The molecule has 148 valence electrons. The van der Waals surface area contributed by atoms with Crippen molar-refractivity contribution in [1.82, 2.24) is 15.6 Å². The van der Waals surface area contributed by atoms with Crippen LogP contribution in [0.5, 0.6) is 0 Å². The van der Waals surface area contributed by atoms with Crippen LogP contribution in [0.2, 0.25) is 1.41 Å². The molecule has 0 fully saturated rings. The van der Waals surface area contributed by atoms with Gasteiger partial charge in [-0.1, -0.05) is 13.8 Å². The summed E-state index contributed by atoms with van der Waals surface area (Å²) < 4.78 is 20.9. The predicted molar refractivity (Wildman–Crippen MR) is 91.1 cm³/mol. The summed E-state index contributed by atoms with van der Waals surface area (Å²) in [6, 6.07) is -0.388. The van der Waals surface area contributed by atoms with Crippen LogP contribution < -0.4 is 10.6 Å². The van der Waals surface area contributed by atoms with E-state index in [2.05, 4.69) is 10.3 Å². The van der Waals surface area contributed by atoms with Crippen molar-refractivity contribution in [3.8, 4) is 0 Å². The lowest BCUT2D eigenvalue weighted by Crippen LogP contribution is -2.54. The molecule has 1 heterocycles. The van der Waals surface area contributed by atoms with Crippen LogP contribution in [0.1, 0.15) is 32.4 Å². The molecule has 0 aliphatic rings. The quantitative estimate of drug-likeness (QED) is 0.455. The number of amides is 2. The number of nitrogens with zero attached hydrogens (tertiary/aromatic N) is 1. The van der Waals surface area contributed by atoms with Gasteiger partial charge >= 0.3 is 11.9 Å². The predicted octanol–water partition coefficient (Wildman–Crippen LogP) is 0.338. The number of hydrogen-bond donors (Lipinski definition) is 4. The van der Waals surface area contributed by atoms with E-state index in [1.807, 2.05) is 0 Å². The van der Waals surface area contributed by atoms with Gasteiger partial charge in [0.15, 0.2) is 1.41 Å². The minimum Gasteiger partial charge on any atom is -0.481 e. The molecule has 1 aromatic rings. The summed E-state index contributed by atoms with van der Waals surface area (Å²) >= 11 is 0. The number of hydrogen-bond acceptors (Lipinski definition) is 5. The Morgan fingerprint density at radius 1 is 1.26 bits per heavy atom. The van der Waals surface area contributed by atoms with E-state index < -0.39 is 54.0 Å². The zero-order valence-corrected chi connectivity index (χ0v) is 14.9. The molecule has 0 aromatic carbocycles. The third kappa shape index (κ3) is 7.80. The lowest BCUT2D eigenvalue weighted by Gasteiger charge is -2.24. The maximum absolute atomic E-state index is 12.9. The van der Waals surface area contributed by atoms with Gasteiger partial charge in [-0.05, 0) is 24.5 Å². The number of pyridine rings is 1. The van der Waals surface area contributed by atoms with Crippen molar-refractivity contribution in [2.75, 3.05) is 0 Å². The molecule has 27 heavy (non-hydrogen) atoms. The molecular weight excluding hydrogens is 361 g/mol. The van der Waals surface area contributed by atoms with Gasteiger partial charge in [-0.2, -0.15) is 0 Å². The van der Waals surface area contributed by atoms with Crippen molar-refractivity contribution >= 4 is 23.8 Å². The van der Waals surface area contributed by atoms with E-state index >= 15 is 0 Å². The van der Waals surface area contributed by atoms with Crippen LogP contribution in [0.25, 0.3) is 0 Å². The Balaban J connectivity index is 2.86. The summed E-state index contributed by atoms with van der Waals surface area (Å²) in [4.78, 5) is 50.4. The number of rotatable bonds is 10. The molecular formula is C17H22FN3O6. The first kappa shape index (κ1) is 20.3. The van der Waals surface area contributed by atoms with Gasteiger partial charge in [0.05, 0.1) is 12.6 Å². The van der Waals surface area contributed by atoms with Crippen LogP contribution in [0.4, 0.5) is 4.39 Å². The highest BCUT2D eigenvalue weighted by Crippen LogP contribution is 2.06. The minimum absolute atomic E-state index is 0.205. The Morgan fingerprint density at radius 2 is 1.93 bits per heavy atom. The van der Waals surface area contributed by atoms with E-state index in [9.17, 15) is 23.6 Å². The fourth-order valence-corrected chi connectivity index (χ4v) is 2.16. The van der Waals surface area contributed by atoms with E-state index in [1.54, 1.807) is 13.8 Å². The van der Waals surface area contributed by atoms with Gasteiger partial charge in [0.1, 0.15) is 17.9 Å². The van der Waals surface area contributed by atoms with Gasteiger partial charge in [-0.15, -0.1) is 0 Å². The highest BCUT2D eigenvalue weighted by molar-refractivity contribution is 5.91. The highest BCUT2D eigenvalue weighted by Gasteiger charge is 2.29. The number of nitrogens with one attached hydrogen (secondary N) is 2. The van der Waals surface area contributed by atoms with Gasteiger partial charge in [0.25, 0.3) is 0 Å². The monoisotopic (exact) mass is 384 g/mol. The number of carboxylic acids is 2. The van der Waals surface area contributed by atoms with Crippen molar-refractivity contribution < 1.29 is 35.2 Å². The maximum Gasteiger partial charge on any atom is 0.326 e. The van der Waals surface area contributed by atoms with Gasteiger partial charge in [-0.3, -0.25) is 19.4 Å². The molecule has 0 saturated carbocycles. The third-order valence-electron chi connectivity index (χ3n) is 3.57. The second-order valence-corrected chi connectivity index (χ2v) is 6.19.